The highest BCUT2D eigenvalue weighted by molar-refractivity contribution is 6.32. The number of ketones is 2. The zero-order valence-corrected chi connectivity index (χ0v) is 27.0. The van der Waals surface area contributed by atoms with E-state index in [0.717, 1.165) is 59.5 Å². The highest BCUT2D eigenvalue weighted by Crippen LogP contribution is 2.55. The second kappa shape index (κ2) is 11.7. The summed E-state index contributed by atoms with van der Waals surface area (Å²) in [6.45, 7) is 14.1. The number of hydrogen-bond donors (Lipinski definition) is 0. The van der Waals surface area contributed by atoms with Gasteiger partial charge in [-0.15, -0.1) is 0 Å². The van der Waals surface area contributed by atoms with Gasteiger partial charge in [0.15, 0.2) is 23.1 Å². The number of carbonyl (C=O) groups excluding carboxylic acids is 2. The number of carbonyl (C=O) groups is 2. The first kappa shape index (κ1) is 30.7. The fourth-order valence-corrected chi connectivity index (χ4v) is 7.26. The Morgan fingerprint density at radius 1 is 0.833 bits per heavy atom. The Labute approximate surface area is 259 Å². The zero-order valence-electron chi connectivity index (χ0n) is 25.5. The number of rotatable bonds is 8. The molecule has 0 fully saturated rings. The predicted octanol–water partition coefficient (Wildman–Crippen LogP) is 9.07. The van der Waals surface area contributed by atoms with E-state index in [1.54, 1.807) is 0 Å². The summed E-state index contributed by atoms with van der Waals surface area (Å²) in [5.41, 5.74) is 4.87. The molecule has 3 aliphatic rings. The molecular formula is C35H41Cl2NO4. The van der Waals surface area contributed by atoms with Gasteiger partial charge in [0.25, 0.3) is 0 Å². The van der Waals surface area contributed by atoms with Crippen molar-refractivity contribution in [3.63, 3.8) is 0 Å². The molecule has 2 aliphatic carbocycles. The van der Waals surface area contributed by atoms with Crippen molar-refractivity contribution in [3.8, 4) is 11.5 Å². The summed E-state index contributed by atoms with van der Waals surface area (Å²) in [4.78, 5) is 30.4. The minimum absolute atomic E-state index is 0.102. The van der Waals surface area contributed by atoms with Gasteiger partial charge in [-0.2, -0.15) is 0 Å². The maximum absolute atomic E-state index is 14.0. The molecule has 0 amide bonds. The van der Waals surface area contributed by atoms with E-state index in [1.165, 1.54) is 0 Å². The lowest BCUT2D eigenvalue weighted by Crippen LogP contribution is -2.44. The SMILES string of the molecule is CCCN1C2=C(C(=O)CC(C)(C)C2)C(c2cc(Cl)c(OCc3ccccc3Cl)c(OCC)c2)C2=C1CC(C)(C)CC2=O. The Morgan fingerprint density at radius 3 is 1.98 bits per heavy atom. The highest BCUT2D eigenvalue weighted by atomic mass is 35.5. The number of ether oxygens (including phenoxy) is 2. The highest BCUT2D eigenvalue weighted by Gasteiger charge is 2.49. The van der Waals surface area contributed by atoms with Crippen LogP contribution in [-0.2, 0) is 16.2 Å². The number of halogens is 2. The van der Waals surface area contributed by atoms with E-state index in [-0.39, 0.29) is 29.0 Å². The third kappa shape index (κ3) is 5.88. The summed E-state index contributed by atoms with van der Waals surface area (Å²) in [6.07, 6.45) is 3.35. The Bertz CT molecular complexity index is 1430. The largest absolute Gasteiger partial charge is 0.490 e. The monoisotopic (exact) mass is 609 g/mol. The fraction of sp³-hybridized carbons (Fsp3) is 0.486. The molecule has 0 bridgehead atoms. The molecule has 0 N–H and O–H groups in total. The summed E-state index contributed by atoms with van der Waals surface area (Å²) in [5, 5.41) is 0.980. The van der Waals surface area contributed by atoms with Gasteiger partial charge < -0.3 is 14.4 Å². The minimum Gasteiger partial charge on any atom is -0.490 e. The normalized spacial score (nSPS) is 20.0. The predicted molar refractivity (Wildman–Crippen MR) is 168 cm³/mol. The third-order valence-corrected chi connectivity index (χ3v) is 9.11. The van der Waals surface area contributed by atoms with Crippen molar-refractivity contribution in [2.45, 2.75) is 86.2 Å². The number of allylic oxidation sites excluding steroid dienone is 4. The standard InChI is InChI=1S/C35H41Cl2NO4/c1-7-13-38-25-16-34(3,4)18-27(39)31(25)30(32-26(38)17-35(5,6)19-28(32)40)22-14-24(37)33(29(15-22)41-8-2)42-20-21-11-9-10-12-23(21)36/h9-12,14-15,30H,7-8,13,16-20H2,1-6H3. The van der Waals surface area contributed by atoms with Gasteiger partial charge in [0.2, 0.25) is 0 Å². The number of Topliss-reactive ketones (excluding diaryl/α,β-unsaturated/α-hetero) is 2. The van der Waals surface area contributed by atoms with Crippen LogP contribution in [0, 0.1) is 10.8 Å². The van der Waals surface area contributed by atoms with E-state index in [9.17, 15) is 9.59 Å². The molecule has 0 aromatic heterocycles. The van der Waals surface area contributed by atoms with Gasteiger partial charge in [0.05, 0.1) is 11.6 Å². The van der Waals surface area contributed by atoms with Crippen LogP contribution in [0.15, 0.2) is 58.9 Å². The molecule has 0 saturated heterocycles. The van der Waals surface area contributed by atoms with Gasteiger partial charge in [-0.3, -0.25) is 9.59 Å². The van der Waals surface area contributed by atoms with Gasteiger partial charge >= 0.3 is 0 Å². The van der Waals surface area contributed by atoms with Crippen molar-refractivity contribution in [1.29, 1.82) is 0 Å². The molecule has 224 valence electrons. The van der Waals surface area contributed by atoms with Crippen LogP contribution < -0.4 is 9.47 Å². The van der Waals surface area contributed by atoms with Crippen LogP contribution >= 0.6 is 23.2 Å². The molecule has 42 heavy (non-hydrogen) atoms. The maximum atomic E-state index is 14.0. The zero-order chi connectivity index (χ0) is 30.4. The summed E-state index contributed by atoms with van der Waals surface area (Å²) in [7, 11) is 0. The van der Waals surface area contributed by atoms with Crippen molar-refractivity contribution >= 4 is 34.8 Å². The Morgan fingerprint density at radius 2 is 1.43 bits per heavy atom. The van der Waals surface area contributed by atoms with E-state index in [1.807, 2.05) is 43.3 Å². The van der Waals surface area contributed by atoms with Gasteiger partial charge in [-0.1, -0.05) is 76.0 Å². The Balaban J connectivity index is 1.67. The van der Waals surface area contributed by atoms with E-state index < -0.39 is 5.92 Å². The maximum Gasteiger partial charge on any atom is 0.180 e. The fourth-order valence-electron chi connectivity index (χ4n) is 6.80. The van der Waals surface area contributed by atoms with E-state index in [0.29, 0.717) is 41.0 Å². The molecule has 0 saturated carbocycles. The average molecular weight is 611 g/mol. The Hall–Kier alpha value is -2.76. The lowest BCUT2D eigenvalue weighted by atomic mass is 9.63. The molecule has 0 unspecified atom stereocenters. The van der Waals surface area contributed by atoms with Crippen molar-refractivity contribution in [3.05, 3.63) is 80.1 Å². The van der Waals surface area contributed by atoms with Crippen molar-refractivity contribution in [1.82, 2.24) is 4.90 Å². The molecule has 2 aromatic rings. The van der Waals surface area contributed by atoms with Crippen LogP contribution in [0.1, 0.15) is 90.7 Å². The van der Waals surface area contributed by atoms with E-state index >= 15 is 0 Å². The summed E-state index contributed by atoms with van der Waals surface area (Å²) < 4.78 is 12.2. The van der Waals surface area contributed by atoms with Crippen molar-refractivity contribution in [2.24, 2.45) is 10.8 Å². The average Bonchev–Trinajstić information content (AvgIpc) is 2.88. The summed E-state index contributed by atoms with van der Waals surface area (Å²) >= 11 is 13.3. The molecule has 1 heterocycles. The second-order valence-electron chi connectivity index (χ2n) is 13.3. The first-order valence-electron chi connectivity index (χ1n) is 15.0. The summed E-state index contributed by atoms with van der Waals surface area (Å²) in [5.74, 6) is 0.611. The van der Waals surface area contributed by atoms with Crippen LogP contribution in [0.4, 0.5) is 0 Å². The molecule has 0 atom stereocenters. The van der Waals surface area contributed by atoms with Crippen molar-refractivity contribution < 1.29 is 19.1 Å². The molecular weight excluding hydrogens is 569 g/mol. The van der Waals surface area contributed by atoms with Gasteiger partial charge in [-0.05, 0) is 60.8 Å². The molecule has 2 aromatic carbocycles. The number of hydrogen-bond acceptors (Lipinski definition) is 5. The van der Waals surface area contributed by atoms with Crippen LogP contribution in [0.3, 0.4) is 0 Å². The molecule has 0 spiro atoms. The number of benzene rings is 2. The third-order valence-electron chi connectivity index (χ3n) is 8.46. The molecule has 5 rings (SSSR count). The Kier molecular flexibility index (Phi) is 8.57. The van der Waals surface area contributed by atoms with Crippen LogP contribution in [-0.4, -0.2) is 29.6 Å². The van der Waals surface area contributed by atoms with Crippen LogP contribution in [0.5, 0.6) is 11.5 Å². The smallest absolute Gasteiger partial charge is 0.180 e. The van der Waals surface area contributed by atoms with E-state index in [4.69, 9.17) is 32.7 Å². The lowest BCUT2D eigenvalue weighted by Gasteiger charge is -2.49. The van der Waals surface area contributed by atoms with Gasteiger partial charge in [0.1, 0.15) is 6.61 Å². The first-order chi connectivity index (χ1) is 19.9. The molecule has 1 aliphatic heterocycles. The second-order valence-corrected chi connectivity index (χ2v) is 14.1. The van der Waals surface area contributed by atoms with Crippen LogP contribution in [0.25, 0.3) is 0 Å². The topological polar surface area (TPSA) is 55.8 Å². The van der Waals surface area contributed by atoms with E-state index in [2.05, 4.69) is 39.5 Å². The molecule has 7 heteroatoms. The van der Waals surface area contributed by atoms with Crippen LogP contribution in [0.2, 0.25) is 10.0 Å². The molecule has 0 radical (unpaired) electrons. The van der Waals surface area contributed by atoms with Gasteiger partial charge in [0, 0.05) is 58.4 Å². The molecule has 5 nitrogen and oxygen atoms in total. The first-order valence-corrected chi connectivity index (χ1v) is 15.7. The van der Waals surface area contributed by atoms with Gasteiger partial charge in [-0.25, -0.2) is 0 Å². The quantitative estimate of drug-likeness (QED) is 0.299. The lowest BCUT2D eigenvalue weighted by molar-refractivity contribution is -0.119. The number of nitrogens with zero attached hydrogens (tertiary/aromatic N) is 1. The van der Waals surface area contributed by atoms with Crippen molar-refractivity contribution in [2.75, 3.05) is 13.2 Å². The summed E-state index contributed by atoms with van der Waals surface area (Å²) in [6, 6.07) is 11.3. The minimum atomic E-state index is -0.496.